The van der Waals surface area contributed by atoms with Gasteiger partial charge in [-0.15, -0.1) is 0 Å². The third kappa shape index (κ3) is 5.79. The highest BCUT2D eigenvalue weighted by Crippen LogP contribution is 2.41. The molecule has 1 atom stereocenters. The van der Waals surface area contributed by atoms with Crippen molar-refractivity contribution in [3.8, 4) is 0 Å². The number of allylic oxidation sites excluding steroid dienone is 2. The van der Waals surface area contributed by atoms with Crippen molar-refractivity contribution in [2.24, 2.45) is 11.3 Å². The van der Waals surface area contributed by atoms with Crippen molar-refractivity contribution in [2.45, 2.75) is 83.3 Å². The van der Waals surface area contributed by atoms with Crippen LogP contribution in [0, 0.1) is 11.3 Å². The van der Waals surface area contributed by atoms with Gasteiger partial charge in [-0.05, 0) is 70.4 Å². The summed E-state index contributed by atoms with van der Waals surface area (Å²) in [6.07, 6.45) is 7.67. The van der Waals surface area contributed by atoms with Crippen LogP contribution in [0.25, 0.3) is 5.65 Å². The molecule has 0 radical (unpaired) electrons. The summed E-state index contributed by atoms with van der Waals surface area (Å²) in [5, 5.41) is 17.0. The molecule has 0 unspecified atom stereocenters. The van der Waals surface area contributed by atoms with Gasteiger partial charge < -0.3 is 15.2 Å². The van der Waals surface area contributed by atoms with Gasteiger partial charge in [0.25, 0.3) is 0 Å². The molecule has 1 saturated carbocycles. The van der Waals surface area contributed by atoms with Crippen molar-refractivity contribution in [1.82, 2.24) is 19.9 Å². The zero-order valence-corrected chi connectivity index (χ0v) is 20.3. The van der Waals surface area contributed by atoms with E-state index in [1.807, 2.05) is 12.2 Å². The van der Waals surface area contributed by atoms with Crippen molar-refractivity contribution in [2.75, 3.05) is 0 Å². The van der Waals surface area contributed by atoms with Crippen molar-refractivity contribution in [3.05, 3.63) is 41.9 Å². The van der Waals surface area contributed by atoms with Crippen LogP contribution >= 0.6 is 0 Å². The summed E-state index contributed by atoms with van der Waals surface area (Å²) < 4.78 is 34.6. The van der Waals surface area contributed by atoms with Crippen molar-refractivity contribution in [3.63, 3.8) is 0 Å². The van der Waals surface area contributed by atoms with Crippen molar-refractivity contribution >= 4 is 17.7 Å². The monoisotopic (exact) mass is 490 g/mol. The number of alkyl halides is 2. The largest absolute Gasteiger partial charge is 0.481 e. The average Bonchev–Trinajstić information content (AvgIpc) is 3.38. The molecule has 2 aliphatic rings. The fourth-order valence-corrected chi connectivity index (χ4v) is 4.93. The molecule has 0 bridgehead atoms. The van der Waals surface area contributed by atoms with Crippen LogP contribution in [-0.2, 0) is 16.0 Å². The molecular weight excluding hydrogens is 458 g/mol. The Kier molecular flexibility index (Phi) is 6.59. The van der Waals surface area contributed by atoms with Gasteiger partial charge in [-0.25, -0.2) is 23.1 Å². The Morgan fingerprint density at radius 1 is 1.26 bits per heavy atom. The zero-order valence-electron chi connectivity index (χ0n) is 20.3. The van der Waals surface area contributed by atoms with Crippen LogP contribution in [0.1, 0.15) is 76.6 Å². The minimum atomic E-state index is -2.70. The Balaban J connectivity index is 1.60. The van der Waals surface area contributed by atoms with E-state index in [0.29, 0.717) is 30.6 Å². The lowest BCUT2D eigenvalue weighted by molar-refractivity contribution is -0.148. The Labute approximate surface area is 202 Å². The number of hydrogen-bond acceptors (Lipinski definition) is 5. The number of nitrogens with zero attached hydrogens (tertiary/aromatic N) is 3. The van der Waals surface area contributed by atoms with Crippen LogP contribution in [0.3, 0.4) is 0 Å². The van der Waals surface area contributed by atoms with Gasteiger partial charge in [-0.3, -0.25) is 4.79 Å². The van der Waals surface area contributed by atoms with E-state index in [-0.39, 0.29) is 31.6 Å². The van der Waals surface area contributed by atoms with E-state index >= 15 is 0 Å². The highest BCUT2D eigenvalue weighted by atomic mass is 19.3. The Bertz CT molecular complexity index is 1120. The van der Waals surface area contributed by atoms with E-state index in [1.54, 1.807) is 43.7 Å². The van der Waals surface area contributed by atoms with Gasteiger partial charge in [0, 0.05) is 12.8 Å². The maximum Gasteiger partial charge on any atom is 0.408 e. The number of aliphatic carboxylic acids is 1. The van der Waals surface area contributed by atoms with Crippen LogP contribution in [-0.4, -0.2) is 43.3 Å². The lowest BCUT2D eigenvalue weighted by Crippen LogP contribution is -2.40. The molecule has 0 aliphatic heterocycles. The number of ether oxygens (including phenoxy) is 1. The molecule has 1 amide bonds. The summed E-state index contributed by atoms with van der Waals surface area (Å²) in [5.74, 6) is -3.77. The van der Waals surface area contributed by atoms with Crippen LogP contribution in [0.5, 0.6) is 0 Å². The first-order valence-corrected chi connectivity index (χ1v) is 12.0. The number of alkyl carbamates (subject to hydrolysis) is 1. The molecule has 1 fully saturated rings. The second-order valence-electron chi connectivity index (χ2n) is 10.8. The average molecular weight is 491 g/mol. The highest BCUT2D eigenvalue weighted by Gasteiger charge is 2.41. The maximum absolute atomic E-state index is 13.8. The van der Waals surface area contributed by atoms with E-state index in [2.05, 4.69) is 15.4 Å². The molecule has 0 spiro atoms. The molecular formula is C25H32F2N4O4. The molecule has 2 aromatic heterocycles. The van der Waals surface area contributed by atoms with Crippen molar-refractivity contribution < 1.29 is 28.2 Å². The number of nitrogens with one attached hydrogen (secondary N) is 1. The molecule has 0 saturated heterocycles. The summed E-state index contributed by atoms with van der Waals surface area (Å²) in [7, 11) is 0. The zero-order chi connectivity index (χ0) is 25.4. The number of aromatic nitrogens is 3. The smallest absolute Gasteiger partial charge is 0.408 e. The predicted molar refractivity (Wildman–Crippen MR) is 124 cm³/mol. The van der Waals surface area contributed by atoms with Crippen LogP contribution in [0.4, 0.5) is 13.6 Å². The number of halogens is 2. The fraction of sp³-hybridized carbons (Fsp3) is 0.600. The molecule has 2 heterocycles. The van der Waals surface area contributed by atoms with E-state index < -0.39 is 35.0 Å². The van der Waals surface area contributed by atoms with Gasteiger partial charge in [-0.1, -0.05) is 12.2 Å². The number of imidazole rings is 1. The molecule has 0 aromatic carbocycles. The first-order chi connectivity index (χ1) is 16.4. The van der Waals surface area contributed by atoms with Gasteiger partial charge in [-0.2, -0.15) is 5.10 Å². The molecule has 35 heavy (non-hydrogen) atoms. The maximum atomic E-state index is 13.8. The number of fused-ring (bicyclic) bond motifs is 1. The quantitative estimate of drug-likeness (QED) is 0.547. The first-order valence-electron chi connectivity index (χ1n) is 12.0. The Hall–Kier alpha value is -3.04. The summed E-state index contributed by atoms with van der Waals surface area (Å²) in [5.41, 5.74) is 0.157. The summed E-state index contributed by atoms with van der Waals surface area (Å²) in [6.45, 7) is 5.26. The van der Waals surface area contributed by atoms with Gasteiger partial charge in [0.2, 0.25) is 5.92 Å². The van der Waals surface area contributed by atoms with E-state index in [1.165, 1.54) is 0 Å². The van der Waals surface area contributed by atoms with Crippen molar-refractivity contribution in [1.29, 1.82) is 0 Å². The number of rotatable bonds is 6. The minimum Gasteiger partial charge on any atom is -0.481 e. The molecule has 4 rings (SSSR count). The topological polar surface area (TPSA) is 106 Å². The van der Waals surface area contributed by atoms with E-state index in [4.69, 9.17) is 4.74 Å². The number of carboxylic acids is 1. The standard InChI is InChI=1S/C25H32F2N4O4/c1-23(2,3)35-22(34)30-20(17-6-10-25(26,27)11-7-17)18-15-31-19(29-18)12-16(14-28-31)13-24(21(32)33)8-4-5-9-24/h4-5,12,14-15,17,20H,6-11,13H2,1-3H3,(H,30,34)(H,32,33)/t20-/m0/s1. The number of amides is 1. The molecule has 2 N–H and O–H groups in total. The lowest BCUT2D eigenvalue weighted by atomic mass is 9.80. The van der Waals surface area contributed by atoms with Crippen LogP contribution < -0.4 is 5.32 Å². The summed E-state index contributed by atoms with van der Waals surface area (Å²) in [6, 6.07) is 1.18. The molecule has 2 aliphatic carbocycles. The van der Waals surface area contributed by atoms with Gasteiger partial charge in [0.05, 0.1) is 29.5 Å². The molecule has 8 nitrogen and oxygen atoms in total. The molecule has 10 heteroatoms. The number of hydrogen-bond donors (Lipinski definition) is 2. The van der Waals surface area contributed by atoms with Gasteiger partial charge >= 0.3 is 12.1 Å². The summed E-state index contributed by atoms with van der Waals surface area (Å²) >= 11 is 0. The Morgan fingerprint density at radius 3 is 2.51 bits per heavy atom. The SMILES string of the molecule is CC(C)(C)OC(=O)N[C@H](c1cn2ncc(CC3(C(=O)O)CC=CC3)cc2n1)C1CCC(F)(F)CC1. The van der Waals surface area contributed by atoms with Gasteiger partial charge in [0.1, 0.15) is 5.60 Å². The van der Waals surface area contributed by atoms with Crippen LogP contribution in [0.2, 0.25) is 0 Å². The molecule has 2 aromatic rings. The minimum absolute atomic E-state index is 0.230. The first kappa shape index (κ1) is 25.1. The lowest BCUT2D eigenvalue weighted by Gasteiger charge is -2.33. The fourth-order valence-electron chi connectivity index (χ4n) is 4.93. The Morgan fingerprint density at radius 2 is 1.91 bits per heavy atom. The number of carbonyl (C=O) groups is 2. The van der Waals surface area contributed by atoms with Gasteiger partial charge in [0.15, 0.2) is 5.65 Å². The number of carbonyl (C=O) groups excluding carboxylic acids is 1. The summed E-state index contributed by atoms with van der Waals surface area (Å²) in [4.78, 5) is 29.2. The third-order valence-electron chi connectivity index (χ3n) is 6.80. The van der Waals surface area contributed by atoms with Crippen LogP contribution in [0.15, 0.2) is 30.6 Å². The highest BCUT2D eigenvalue weighted by molar-refractivity contribution is 5.76. The van der Waals surface area contributed by atoms with E-state index in [0.717, 1.165) is 5.56 Å². The normalized spacial score (nSPS) is 20.6. The molecule has 190 valence electrons. The second-order valence-corrected chi connectivity index (χ2v) is 10.8. The number of carboxylic acid groups (broad SMARTS) is 1. The van der Waals surface area contributed by atoms with E-state index in [9.17, 15) is 23.5 Å². The predicted octanol–water partition coefficient (Wildman–Crippen LogP) is 5.08. The third-order valence-corrected chi connectivity index (χ3v) is 6.80. The second kappa shape index (κ2) is 9.20.